The lowest BCUT2D eigenvalue weighted by Gasteiger charge is -2.20. The van der Waals surface area contributed by atoms with Crippen LogP contribution in [0.2, 0.25) is 0 Å². The van der Waals surface area contributed by atoms with Gasteiger partial charge in [-0.3, -0.25) is 4.98 Å². The minimum atomic E-state index is 1.02. The topological polar surface area (TPSA) is 48.8 Å². The average Bonchev–Trinajstić information content (AvgIpc) is 2.33. The Labute approximate surface area is 96.1 Å². The van der Waals surface area contributed by atoms with E-state index in [2.05, 4.69) is 17.2 Å². The second-order valence-corrected chi connectivity index (χ2v) is 4.17. The van der Waals surface area contributed by atoms with Gasteiger partial charge in [0.05, 0.1) is 11.9 Å². The smallest absolute Gasteiger partial charge is 0.0598 e. The normalized spacial score (nSPS) is 16.1. The molecule has 84 valence electrons. The molecular weight excluding hydrogens is 198 g/mol. The van der Waals surface area contributed by atoms with Crippen molar-refractivity contribution in [1.82, 2.24) is 4.98 Å². The van der Waals surface area contributed by atoms with E-state index in [4.69, 9.17) is 5.41 Å². The van der Waals surface area contributed by atoms with Crippen molar-refractivity contribution in [2.24, 2.45) is 0 Å². The third kappa shape index (κ3) is 2.30. The summed E-state index contributed by atoms with van der Waals surface area (Å²) in [5.74, 6) is 0. The largest absolute Gasteiger partial charge is 0.357 e. The number of allylic oxidation sites excluding steroid dienone is 2. The number of hydrogen-bond acceptors (Lipinski definition) is 3. The summed E-state index contributed by atoms with van der Waals surface area (Å²) in [7, 11) is 0. The Kier molecular flexibility index (Phi) is 3.34. The number of pyridine rings is 1. The molecule has 2 N–H and O–H groups in total. The van der Waals surface area contributed by atoms with Crippen molar-refractivity contribution in [3.63, 3.8) is 0 Å². The van der Waals surface area contributed by atoms with Crippen LogP contribution in [0.15, 0.2) is 29.7 Å². The summed E-state index contributed by atoms with van der Waals surface area (Å²) in [5.41, 5.74) is 4.57. The fraction of sp³-hybridized carbons (Fsp3) is 0.385. The zero-order valence-electron chi connectivity index (χ0n) is 9.59. The van der Waals surface area contributed by atoms with Gasteiger partial charge in [-0.25, -0.2) is 0 Å². The SMILES string of the molecule is Cc1ccncc1NC1=C(C=N)CCCC1. The van der Waals surface area contributed by atoms with E-state index in [0.29, 0.717) is 0 Å². The van der Waals surface area contributed by atoms with Crippen molar-refractivity contribution >= 4 is 11.9 Å². The van der Waals surface area contributed by atoms with Gasteiger partial charge in [0, 0.05) is 18.1 Å². The predicted octanol–water partition coefficient (Wildman–Crippen LogP) is 3.28. The third-order valence-electron chi connectivity index (χ3n) is 3.01. The van der Waals surface area contributed by atoms with Crippen molar-refractivity contribution in [1.29, 1.82) is 5.41 Å². The number of aromatic nitrogens is 1. The van der Waals surface area contributed by atoms with E-state index in [1.807, 2.05) is 12.3 Å². The highest BCUT2D eigenvalue weighted by Crippen LogP contribution is 2.25. The van der Waals surface area contributed by atoms with Crippen LogP contribution in [-0.2, 0) is 0 Å². The van der Waals surface area contributed by atoms with E-state index in [1.165, 1.54) is 30.3 Å². The molecule has 1 aliphatic rings. The zero-order valence-corrected chi connectivity index (χ0v) is 9.59. The van der Waals surface area contributed by atoms with Crippen molar-refractivity contribution in [3.8, 4) is 0 Å². The number of rotatable bonds is 3. The molecule has 0 amide bonds. The van der Waals surface area contributed by atoms with Gasteiger partial charge < -0.3 is 10.7 Å². The number of hydrogen-bond donors (Lipinski definition) is 2. The number of anilines is 1. The monoisotopic (exact) mass is 215 g/mol. The molecule has 0 atom stereocenters. The molecule has 3 heteroatoms. The second kappa shape index (κ2) is 4.92. The first-order valence-corrected chi connectivity index (χ1v) is 5.71. The van der Waals surface area contributed by atoms with Crippen LogP contribution >= 0.6 is 0 Å². The Morgan fingerprint density at radius 1 is 1.38 bits per heavy atom. The summed E-state index contributed by atoms with van der Waals surface area (Å²) in [5, 5.41) is 10.8. The van der Waals surface area contributed by atoms with Gasteiger partial charge in [-0.15, -0.1) is 0 Å². The molecule has 1 aromatic heterocycles. The summed E-state index contributed by atoms with van der Waals surface area (Å²) in [4.78, 5) is 4.12. The molecule has 0 aromatic carbocycles. The minimum absolute atomic E-state index is 1.02. The van der Waals surface area contributed by atoms with Gasteiger partial charge in [0.1, 0.15) is 0 Å². The molecule has 1 heterocycles. The summed E-state index contributed by atoms with van der Waals surface area (Å²) < 4.78 is 0. The first kappa shape index (κ1) is 10.9. The van der Waals surface area contributed by atoms with Crippen LogP contribution < -0.4 is 5.32 Å². The zero-order chi connectivity index (χ0) is 11.4. The van der Waals surface area contributed by atoms with E-state index in [9.17, 15) is 0 Å². The second-order valence-electron chi connectivity index (χ2n) is 4.17. The Morgan fingerprint density at radius 3 is 2.94 bits per heavy atom. The molecule has 3 nitrogen and oxygen atoms in total. The molecule has 0 bridgehead atoms. The highest BCUT2D eigenvalue weighted by molar-refractivity contribution is 5.78. The van der Waals surface area contributed by atoms with Gasteiger partial charge in [-0.1, -0.05) is 0 Å². The standard InChI is InChI=1S/C13H17N3/c1-10-6-7-15-9-13(10)16-12-5-3-2-4-11(12)8-14/h6-9,14,16H,2-5H2,1H3. The van der Waals surface area contributed by atoms with Crippen molar-refractivity contribution < 1.29 is 0 Å². The Bertz CT molecular complexity index is 421. The van der Waals surface area contributed by atoms with E-state index >= 15 is 0 Å². The van der Waals surface area contributed by atoms with Crippen molar-refractivity contribution in [2.75, 3.05) is 5.32 Å². The molecule has 0 unspecified atom stereocenters. The minimum Gasteiger partial charge on any atom is -0.357 e. The fourth-order valence-electron chi connectivity index (χ4n) is 1.99. The molecule has 16 heavy (non-hydrogen) atoms. The maximum atomic E-state index is 7.41. The van der Waals surface area contributed by atoms with E-state index in [0.717, 1.165) is 24.1 Å². The molecule has 1 aromatic rings. The van der Waals surface area contributed by atoms with E-state index in [-0.39, 0.29) is 0 Å². The van der Waals surface area contributed by atoms with Crippen LogP contribution in [0, 0.1) is 12.3 Å². The van der Waals surface area contributed by atoms with Crippen LogP contribution in [-0.4, -0.2) is 11.2 Å². The van der Waals surface area contributed by atoms with Gasteiger partial charge >= 0.3 is 0 Å². The Hall–Kier alpha value is -1.64. The molecule has 0 fully saturated rings. The lowest BCUT2D eigenvalue weighted by atomic mass is 9.96. The lowest BCUT2D eigenvalue weighted by Crippen LogP contribution is -2.10. The van der Waals surface area contributed by atoms with Crippen LogP contribution in [0.1, 0.15) is 31.2 Å². The third-order valence-corrected chi connectivity index (χ3v) is 3.01. The predicted molar refractivity (Wildman–Crippen MR) is 66.9 cm³/mol. The maximum Gasteiger partial charge on any atom is 0.0598 e. The van der Waals surface area contributed by atoms with E-state index in [1.54, 1.807) is 6.20 Å². The molecular formula is C13H17N3. The highest BCUT2D eigenvalue weighted by atomic mass is 14.9. The van der Waals surface area contributed by atoms with Crippen LogP contribution in [0.25, 0.3) is 0 Å². The molecule has 0 saturated heterocycles. The molecule has 0 radical (unpaired) electrons. The Morgan fingerprint density at radius 2 is 2.19 bits per heavy atom. The summed E-state index contributed by atoms with van der Waals surface area (Å²) >= 11 is 0. The highest BCUT2D eigenvalue weighted by Gasteiger charge is 2.11. The van der Waals surface area contributed by atoms with Gasteiger partial charge in [-0.05, 0) is 49.8 Å². The van der Waals surface area contributed by atoms with E-state index < -0.39 is 0 Å². The number of aryl methyl sites for hydroxylation is 1. The summed E-state index contributed by atoms with van der Waals surface area (Å²) in [6, 6.07) is 2.00. The average molecular weight is 215 g/mol. The molecule has 1 aliphatic carbocycles. The first-order valence-electron chi connectivity index (χ1n) is 5.71. The lowest BCUT2D eigenvalue weighted by molar-refractivity contribution is 0.692. The quantitative estimate of drug-likeness (QED) is 0.760. The molecule has 0 spiro atoms. The number of nitrogens with zero attached hydrogens (tertiary/aromatic N) is 1. The van der Waals surface area contributed by atoms with Crippen LogP contribution in [0.4, 0.5) is 5.69 Å². The van der Waals surface area contributed by atoms with Crippen molar-refractivity contribution in [3.05, 3.63) is 35.3 Å². The first-order chi connectivity index (χ1) is 7.81. The van der Waals surface area contributed by atoms with Crippen LogP contribution in [0.5, 0.6) is 0 Å². The number of nitrogens with one attached hydrogen (secondary N) is 2. The van der Waals surface area contributed by atoms with Gasteiger partial charge in [0.25, 0.3) is 0 Å². The van der Waals surface area contributed by atoms with Gasteiger partial charge in [0.2, 0.25) is 0 Å². The van der Waals surface area contributed by atoms with Crippen molar-refractivity contribution in [2.45, 2.75) is 32.6 Å². The fourth-order valence-corrected chi connectivity index (χ4v) is 1.99. The Balaban J connectivity index is 2.23. The molecule has 2 rings (SSSR count). The van der Waals surface area contributed by atoms with Crippen LogP contribution in [0.3, 0.4) is 0 Å². The van der Waals surface area contributed by atoms with Gasteiger partial charge in [-0.2, -0.15) is 0 Å². The summed E-state index contributed by atoms with van der Waals surface area (Å²) in [6.07, 6.45) is 9.59. The molecule has 0 aliphatic heterocycles. The van der Waals surface area contributed by atoms with Gasteiger partial charge in [0.15, 0.2) is 0 Å². The molecule has 0 saturated carbocycles. The maximum absolute atomic E-state index is 7.41. The summed E-state index contributed by atoms with van der Waals surface area (Å²) in [6.45, 7) is 2.07.